The molecule has 12 heteroatoms. The summed E-state index contributed by atoms with van der Waals surface area (Å²) in [5, 5.41) is 12.7. The number of carboxylic acids is 1. The highest BCUT2D eigenvalue weighted by molar-refractivity contribution is 6.30. The highest BCUT2D eigenvalue weighted by Gasteiger charge is 2.14. The van der Waals surface area contributed by atoms with Crippen molar-refractivity contribution in [3.05, 3.63) is 97.7 Å². The smallest absolute Gasteiger partial charge is 0.356 e. The number of nitrogens with one attached hydrogen (secondary N) is 1. The molecule has 2 aromatic carbocycles. The van der Waals surface area contributed by atoms with Gasteiger partial charge in [-0.05, 0) is 48.4 Å². The van der Waals surface area contributed by atoms with E-state index in [0.717, 1.165) is 16.3 Å². The normalized spacial score (nSPS) is 10.7. The number of benzene rings is 2. The van der Waals surface area contributed by atoms with E-state index in [-0.39, 0.29) is 24.1 Å². The molecule has 2 heterocycles. The molecule has 0 aliphatic heterocycles. The van der Waals surface area contributed by atoms with Crippen LogP contribution in [-0.2, 0) is 13.6 Å². The Bertz CT molecular complexity index is 1530. The van der Waals surface area contributed by atoms with Crippen LogP contribution in [0.15, 0.2) is 64.4 Å². The molecule has 0 atom stereocenters. The molecule has 178 valence electrons. The fourth-order valence-corrected chi connectivity index (χ4v) is 3.30. The first kappa shape index (κ1) is 23.6. The summed E-state index contributed by atoms with van der Waals surface area (Å²) in [5.74, 6) is -0.701. The Morgan fingerprint density at radius 2 is 1.86 bits per heavy atom. The van der Waals surface area contributed by atoms with E-state index < -0.39 is 17.3 Å². The van der Waals surface area contributed by atoms with Crippen LogP contribution in [0.4, 0.5) is 11.6 Å². The highest BCUT2D eigenvalue weighted by atomic mass is 35.5. The summed E-state index contributed by atoms with van der Waals surface area (Å²) in [6.45, 7) is 1.94. The molecule has 2 aromatic heterocycles. The number of rotatable bonds is 7. The number of aromatic nitrogens is 5. The number of halogens is 1. The SMILES string of the molecule is Cc1cc(Nc2nc(=O)n(C)c(=O)n2Cc2ccc(Cl)cc2)ccc1Oc1cncc(C(=O)O)n1. The van der Waals surface area contributed by atoms with Gasteiger partial charge < -0.3 is 15.2 Å². The van der Waals surface area contributed by atoms with E-state index in [1.54, 1.807) is 49.4 Å². The maximum Gasteiger partial charge on any atom is 0.356 e. The van der Waals surface area contributed by atoms with Crippen LogP contribution in [-0.4, -0.2) is 35.2 Å². The summed E-state index contributed by atoms with van der Waals surface area (Å²) >= 11 is 5.95. The molecule has 0 radical (unpaired) electrons. The van der Waals surface area contributed by atoms with Gasteiger partial charge in [0.1, 0.15) is 5.75 Å². The van der Waals surface area contributed by atoms with Crippen LogP contribution in [0.3, 0.4) is 0 Å². The van der Waals surface area contributed by atoms with E-state index >= 15 is 0 Å². The van der Waals surface area contributed by atoms with E-state index in [4.69, 9.17) is 21.4 Å². The van der Waals surface area contributed by atoms with Gasteiger partial charge in [-0.3, -0.25) is 9.55 Å². The van der Waals surface area contributed by atoms with Crippen molar-refractivity contribution in [2.75, 3.05) is 5.32 Å². The van der Waals surface area contributed by atoms with Gasteiger partial charge >= 0.3 is 17.3 Å². The fraction of sp³-hybridized carbons (Fsp3) is 0.130. The Labute approximate surface area is 203 Å². The summed E-state index contributed by atoms with van der Waals surface area (Å²) in [4.78, 5) is 47.8. The number of hydrogen-bond acceptors (Lipinski definition) is 8. The third-order valence-corrected chi connectivity index (χ3v) is 5.25. The second-order valence-corrected chi connectivity index (χ2v) is 7.96. The van der Waals surface area contributed by atoms with Crippen LogP contribution in [0, 0.1) is 6.92 Å². The first-order valence-corrected chi connectivity index (χ1v) is 10.6. The van der Waals surface area contributed by atoms with Crippen molar-refractivity contribution >= 4 is 29.2 Å². The Kier molecular flexibility index (Phi) is 6.60. The van der Waals surface area contributed by atoms with Crippen molar-refractivity contribution in [1.29, 1.82) is 0 Å². The average Bonchev–Trinajstić information content (AvgIpc) is 2.83. The molecule has 0 aliphatic rings. The lowest BCUT2D eigenvalue weighted by molar-refractivity contribution is 0.0689. The molecule has 0 saturated heterocycles. The quantitative estimate of drug-likeness (QED) is 0.396. The van der Waals surface area contributed by atoms with Crippen molar-refractivity contribution in [2.45, 2.75) is 13.5 Å². The molecule has 4 aromatic rings. The molecule has 11 nitrogen and oxygen atoms in total. The van der Waals surface area contributed by atoms with Crippen LogP contribution in [0.5, 0.6) is 11.6 Å². The van der Waals surface area contributed by atoms with Crippen LogP contribution in [0.25, 0.3) is 0 Å². The third-order valence-electron chi connectivity index (χ3n) is 4.99. The minimum Gasteiger partial charge on any atom is -0.476 e. The molecule has 0 bridgehead atoms. The molecule has 0 saturated carbocycles. The van der Waals surface area contributed by atoms with Crippen LogP contribution < -0.4 is 21.4 Å². The highest BCUT2D eigenvalue weighted by Crippen LogP contribution is 2.27. The summed E-state index contributed by atoms with van der Waals surface area (Å²) < 4.78 is 7.94. The zero-order valence-electron chi connectivity index (χ0n) is 18.6. The molecule has 2 N–H and O–H groups in total. The second kappa shape index (κ2) is 9.77. The molecule has 0 unspecified atom stereocenters. The molecular formula is C23H19ClN6O5. The lowest BCUT2D eigenvalue weighted by atomic mass is 10.2. The Morgan fingerprint density at radius 3 is 2.54 bits per heavy atom. The minimum absolute atomic E-state index is 0.0266. The third kappa shape index (κ3) is 5.36. The predicted octanol–water partition coefficient (Wildman–Crippen LogP) is 2.98. The van der Waals surface area contributed by atoms with Gasteiger partial charge in [0.15, 0.2) is 5.69 Å². The van der Waals surface area contributed by atoms with Gasteiger partial charge in [-0.25, -0.2) is 23.9 Å². The molecule has 0 spiro atoms. The summed E-state index contributed by atoms with van der Waals surface area (Å²) in [6.07, 6.45) is 2.42. The molecule has 0 amide bonds. The first-order chi connectivity index (χ1) is 16.7. The summed E-state index contributed by atoms with van der Waals surface area (Å²) in [6, 6.07) is 12.0. The predicted molar refractivity (Wildman–Crippen MR) is 128 cm³/mol. The van der Waals surface area contributed by atoms with Crippen molar-refractivity contribution in [2.24, 2.45) is 7.05 Å². The van der Waals surface area contributed by atoms with Crippen molar-refractivity contribution in [3.8, 4) is 11.6 Å². The lowest BCUT2D eigenvalue weighted by Crippen LogP contribution is -2.41. The summed E-state index contributed by atoms with van der Waals surface area (Å²) in [7, 11) is 1.36. The van der Waals surface area contributed by atoms with Gasteiger partial charge in [0.05, 0.1) is 18.9 Å². The Morgan fingerprint density at radius 1 is 1.11 bits per heavy atom. The van der Waals surface area contributed by atoms with Gasteiger partial charge in [-0.15, -0.1) is 0 Å². The zero-order chi connectivity index (χ0) is 25.1. The van der Waals surface area contributed by atoms with E-state index in [9.17, 15) is 14.4 Å². The molecular weight excluding hydrogens is 476 g/mol. The standard InChI is InChI=1S/C23H19ClN6O5/c1-13-9-16(7-8-18(13)35-19-11-25-10-17(27-19)20(31)32)26-21-28-22(33)29(2)23(34)30(21)12-14-3-5-15(24)6-4-14/h3-11H,12H2,1-2H3,(H,31,32)(H,26,28,33). The van der Waals surface area contributed by atoms with Gasteiger partial charge in [0.25, 0.3) is 0 Å². The number of carbonyl (C=O) groups is 1. The number of aryl methyl sites for hydroxylation is 1. The van der Waals surface area contributed by atoms with E-state index in [2.05, 4.69) is 20.3 Å². The van der Waals surface area contributed by atoms with E-state index in [1.807, 2.05) is 0 Å². The van der Waals surface area contributed by atoms with E-state index in [0.29, 0.717) is 22.0 Å². The lowest BCUT2D eigenvalue weighted by Gasteiger charge is -2.15. The van der Waals surface area contributed by atoms with Crippen molar-refractivity contribution in [3.63, 3.8) is 0 Å². The van der Waals surface area contributed by atoms with Crippen LogP contribution >= 0.6 is 11.6 Å². The largest absolute Gasteiger partial charge is 0.476 e. The number of carboxylic acid groups (broad SMARTS) is 1. The molecule has 35 heavy (non-hydrogen) atoms. The zero-order valence-corrected chi connectivity index (χ0v) is 19.4. The van der Waals surface area contributed by atoms with E-state index in [1.165, 1.54) is 17.8 Å². The first-order valence-electron chi connectivity index (χ1n) is 10.2. The minimum atomic E-state index is -1.22. The number of anilines is 2. The number of ether oxygens (including phenoxy) is 1. The second-order valence-electron chi connectivity index (χ2n) is 7.53. The Hall–Kier alpha value is -4.51. The van der Waals surface area contributed by atoms with Gasteiger partial charge in [-0.2, -0.15) is 4.98 Å². The molecule has 4 rings (SSSR count). The topological polar surface area (TPSA) is 141 Å². The number of hydrogen-bond donors (Lipinski definition) is 2. The van der Waals surface area contributed by atoms with Crippen LogP contribution in [0.2, 0.25) is 5.02 Å². The number of nitrogens with zero attached hydrogens (tertiary/aromatic N) is 5. The van der Waals surface area contributed by atoms with Gasteiger partial charge in [-0.1, -0.05) is 23.7 Å². The average molecular weight is 495 g/mol. The van der Waals surface area contributed by atoms with Gasteiger partial charge in [0, 0.05) is 17.8 Å². The van der Waals surface area contributed by atoms with Crippen molar-refractivity contribution in [1.82, 2.24) is 24.1 Å². The fourth-order valence-electron chi connectivity index (χ4n) is 3.17. The van der Waals surface area contributed by atoms with Crippen molar-refractivity contribution < 1.29 is 14.6 Å². The summed E-state index contributed by atoms with van der Waals surface area (Å²) in [5.41, 5.74) is 0.547. The number of aromatic carboxylic acids is 1. The Balaban J connectivity index is 1.62. The maximum absolute atomic E-state index is 12.8. The maximum atomic E-state index is 12.8. The molecule has 0 aliphatic carbocycles. The monoisotopic (exact) mass is 494 g/mol. The van der Waals surface area contributed by atoms with Gasteiger partial charge in [0.2, 0.25) is 11.8 Å². The molecule has 0 fully saturated rings. The van der Waals surface area contributed by atoms with Crippen LogP contribution in [0.1, 0.15) is 21.6 Å².